The number of aromatic nitrogens is 2. The number of carbonyl (C=O) groups is 1. The molecular weight excluding hydrogens is 390 g/mol. The number of hydrogen-bond donors (Lipinski definition) is 1. The maximum Gasteiger partial charge on any atom is 0.317 e. The van der Waals surface area contributed by atoms with Crippen LogP contribution in [0.5, 0.6) is 0 Å². The summed E-state index contributed by atoms with van der Waals surface area (Å²) in [6.45, 7) is 4.90. The number of nitrogens with zero attached hydrogens (tertiary/aromatic N) is 5. The van der Waals surface area contributed by atoms with Crippen molar-refractivity contribution < 1.29 is 13.6 Å². The zero-order chi connectivity index (χ0) is 20.9. The fraction of sp³-hybridized carbons (Fsp3) is 0.476. The maximum atomic E-state index is 13.4. The first kappa shape index (κ1) is 20.5. The lowest BCUT2D eigenvalue weighted by atomic mass is 10.0. The van der Waals surface area contributed by atoms with Gasteiger partial charge in [0.2, 0.25) is 5.95 Å². The minimum Gasteiger partial charge on any atom is -0.337 e. The van der Waals surface area contributed by atoms with Gasteiger partial charge in [-0.2, -0.15) is 0 Å². The van der Waals surface area contributed by atoms with E-state index in [2.05, 4.69) is 25.1 Å². The van der Waals surface area contributed by atoms with E-state index in [1.807, 2.05) is 4.90 Å². The standard InChI is InChI=1S/C21H26F2N6O/c22-18-3-2-16(14-19(18)23)15-27-8-4-17(5-9-27)26-21(30)29-12-10-28(11-13-29)20-24-6-1-7-25-20/h1-3,6-7,14,17H,4-5,8-13,15H2,(H,26,30). The van der Waals surface area contributed by atoms with Crippen LogP contribution in [0.4, 0.5) is 19.5 Å². The van der Waals surface area contributed by atoms with E-state index >= 15 is 0 Å². The lowest BCUT2D eigenvalue weighted by Crippen LogP contribution is -2.55. The molecule has 4 rings (SSSR count). The minimum atomic E-state index is -0.822. The lowest BCUT2D eigenvalue weighted by Gasteiger charge is -2.37. The number of halogens is 2. The molecule has 0 bridgehead atoms. The van der Waals surface area contributed by atoms with Crippen LogP contribution in [0, 0.1) is 11.6 Å². The molecular formula is C21H26F2N6O. The minimum absolute atomic E-state index is 0.0253. The number of hydrogen-bond acceptors (Lipinski definition) is 5. The van der Waals surface area contributed by atoms with E-state index in [0.29, 0.717) is 38.7 Å². The monoisotopic (exact) mass is 416 g/mol. The molecule has 2 aliphatic heterocycles. The van der Waals surface area contributed by atoms with E-state index in [-0.39, 0.29) is 12.1 Å². The first-order chi connectivity index (χ1) is 14.6. The van der Waals surface area contributed by atoms with E-state index < -0.39 is 11.6 Å². The summed E-state index contributed by atoms with van der Waals surface area (Å²) in [6.07, 6.45) is 5.13. The third-order valence-corrected chi connectivity index (χ3v) is 5.71. The number of nitrogens with one attached hydrogen (secondary N) is 1. The molecule has 2 fully saturated rings. The van der Waals surface area contributed by atoms with Gasteiger partial charge in [-0.1, -0.05) is 6.07 Å². The van der Waals surface area contributed by atoms with Gasteiger partial charge in [0.25, 0.3) is 0 Å². The lowest BCUT2D eigenvalue weighted by molar-refractivity contribution is 0.166. The molecule has 0 aliphatic carbocycles. The average molecular weight is 416 g/mol. The smallest absolute Gasteiger partial charge is 0.317 e. The molecule has 2 aromatic rings. The predicted octanol–water partition coefficient (Wildman–Crippen LogP) is 2.25. The SMILES string of the molecule is O=C(NC1CCN(Cc2ccc(F)c(F)c2)CC1)N1CCN(c2ncccn2)CC1. The maximum absolute atomic E-state index is 13.4. The van der Waals surface area contributed by atoms with Crippen LogP contribution in [-0.4, -0.2) is 71.1 Å². The van der Waals surface area contributed by atoms with Gasteiger partial charge in [0.15, 0.2) is 11.6 Å². The fourth-order valence-corrected chi connectivity index (χ4v) is 3.96. The van der Waals surface area contributed by atoms with Gasteiger partial charge in [0, 0.05) is 64.2 Å². The van der Waals surface area contributed by atoms with Gasteiger partial charge < -0.3 is 15.1 Å². The van der Waals surface area contributed by atoms with E-state index in [9.17, 15) is 13.6 Å². The highest BCUT2D eigenvalue weighted by atomic mass is 19.2. The van der Waals surface area contributed by atoms with Crippen molar-refractivity contribution in [3.8, 4) is 0 Å². The highest BCUT2D eigenvalue weighted by molar-refractivity contribution is 5.74. The highest BCUT2D eigenvalue weighted by Gasteiger charge is 2.26. The van der Waals surface area contributed by atoms with E-state index in [4.69, 9.17) is 0 Å². The summed E-state index contributed by atoms with van der Waals surface area (Å²) in [5.74, 6) is -0.933. The Labute approximate surface area is 174 Å². The summed E-state index contributed by atoms with van der Waals surface area (Å²) < 4.78 is 26.5. The van der Waals surface area contributed by atoms with Gasteiger partial charge in [-0.3, -0.25) is 4.90 Å². The van der Waals surface area contributed by atoms with Crippen molar-refractivity contribution in [1.29, 1.82) is 0 Å². The summed E-state index contributed by atoms with van der Waals surface area (Å²) in [7, 11) is 0. The van der Waals surface area contributed by atoms with Gasteiger partial charge in [0.05, 0.1) is 0 Å². The predicted molar refractivity (Wildman–Crippen MR) is 109 cm³/mol. The van der Waals surface area contributed by atoms with Crippen molar-refractivity contribution in [1.82, 2.24) is 25.1 Å². The number of likely N-dealkylation sites (tertiary alicyclic amines) is 1. The quantitative estimate of drug-likeness (QED) is 0.828. The molecule has 3 heterocycles. The summed E-state index contributed by atoms with van der Waals surface area (Å²) >= 11 is 0. The number of benzene rings is 1. The van der Waals surface area contributed by atoms with Crippen LogP contribution < -0.4 is 10.2 Å². The van der Waals surface area contributed by atoms with Crippen molar-refractivity contribution in [3.05, 3.63) is 53.9 Å². The normalized spacial score (nSPS) is 18.5. The average Bonchev–Trinajstić information content (AvgIpc) is 2.78. The molecule has 30 heavy (non-hydrogen) atoms. The summed E-state index contributed by atoms with van der Waals surface area (Å²) in [6, 6.07) is 5.94. The van der Waals surface area contributed by atoms with Gasteiger partial charge in [-0.25, -0.2) is 23.5 Å². The van der Waals surface area contributed by atoms with Crippen LogP contribution in [0.3, 0.4) is 0 Å². The number of carbonyl (C=O) groups excluding carboxylic acids is 1. The van der Waals surface area contributed by atoms with Gasteiger partial charge >= 0.3 is 6.03 Å². The Morgan fingerprint density at radius 3 is 2.37 bits per heavy atom. The molecule has 7 nitrogen and oxygen atoms in total. The highest BCUT2D eigenvalue weighted by Crippen LogP contribution is 2.17. The third-order valence-electron chi connectivity index (χ3n) is 5.71. The molecule has 9 heteroatoms. The zero-order valence-electron chi connectivity index (χ0n) is 16.8. The van der Waals surface area contributed by atoms with Crippen LogP contribution in [0.15, 0.2) is 36.7 Å². The molecule has 0 atom stereocenters. The largest absolute Gasteiger partial charge is 0.337 e. The van der Waals surface area contributed by atoms with Crippen LogP contribution in [0.1, 0.15) is 18.4 Å². The van der Waals surface area contributed by atoms with E-state index in [1.165, 1.54) is 12.1 Å². The van der Waals surface area contributed by atoms with Gasteiger partial charge in [-0.05, 0) is 36.6 Å². The van der Waals surface area contributed by atoms with Crippen molar-refractivity contribution in [3.63, 3.8) is 0 Å². The van der Waals surface area contributed by atoms with Gasteiger partial charge in [0.1, 0.15) is 0 Å². The second kappa shape index (κ2) is 9.34. The number of piperidine rings is 1. The number of piperazine rings is 1. The second-order valence-corrected chi connectivity index (χ2v) is 7.77. The molecule has 0 spiro atoms. The number of urea groups is 1. The van der Waals surface area contributed by atoms with Crippen molar-refractivity contribution in [2.75, 3.05) is 44.2 Å². The zero-order valence-corrected chi connectivity index (χ0v) is 16.8. The topological polar surface area (TPSA) is 64.6 Å². The molecule has 2 aliphatic rings. The van der Waals surface area contributed by atoms with E-state index in [0.717, 1.165) is 31.5 Å². The second-order valence-electron chi connectivity index (χ2n) is 7.77. The fourth-order valence-electron chi connectivity index (χ4n) is 3.96. The Hall–Kier alpha value is -2.81. The molecule has 160 valence electrons. The number of amides is 2. The van der Waals surface area contributed by atoms with Crippen molar-refractivity contribution >= 4 is 12.0 Å². The van der Waals surface area contributed by atoms with Crippen LogP contribution in [0.25, 0.3) is 0 Å². The first-order valence-corrected chi connectivity index (χ1v) is 10.3. The van der Waals surface area contributed by atoms with Crippen LogP contribution in [0.2, 0.25) is 0 Å². The van der Waals surface area contributed by atoms with Crippen LogP contribution in [-0.2, 0) is 6.54 Å². The van der Waals surface area contributed by atoms with E-state index in [1.54, 1.807) is 24.5 Å². The molecule has 1 aromatic carbocycles. The van der Waals surface area contributed by atoms with Crippen molar-refractivity contribution in [2.24, 2.45) is 0 Å². The molecule has 1 aromatic heterocycles. The third kappa shape index (κ3) is 5.02. The Bertz CT molecular complexity index is 852. The van der Waals surface area contributed by atoms with Crippen molar-refractivity contribution in [2.45, 2.75) is 25.4 Å². The Morgan fingerprint density at radius 2 is 1.70 bits per heavy atom. The molecule has 0 unspecified atom stereocenters. The number of anilines is 1. The molecule has 2 amide bonds. The Balaban J connectivity index is 1.19. The number of rotatable bonds is 4. The first-order valence-electron chi connectivity index (χ1n) is 10.3. The molecule has 0 radical (unpaired) electrons. The molecule has 2 saturated heterocycles. The molecule has 0 saturated carbocycles. The summed E-state index contributed by atoms with van der Waals surface area (Å²) in [5.41, 5.74) is 0.761. The van der Waals surface area contributed by atoms with Gasteiger partial charge in [-0.15, -0.1) is 0 Å². The molecule has 1 N–H and O–H groups in total. The summed E-state index contributed by atoms with van der Waals surface area (Å²) in [4.78, 5) is 27.3. The summed E-state index contributed by atoms with van der Waals surface area (Å²) in [5, 5.41) is 3.15. The van der Waals surface area contributed by atoms with Crippen LogP contribution >= 0.6 is 0 Å². The Morgan fingerprint density at radius 1 is 1.00 bits per heavy atom. The Kier molecular flexibility index (Phi) is 6.37.